The van der Waals surface area contributed by atoms with Gasteiger partial charge in [0.15, 0.2) is 0 Å². The van der Waals surface area contributed by atoms with E-state index in [1.165, 1.54) is 0 Å². The minimum absolute atomic E-state index is 0.250. The Morgan fingerprint density at radius 3 is 0.800 bits per heavy atom. The van der Waals surface area contributed by atoms with Gasteiger partial charge < -0.3 is 0 Å². The van der Waals surface area contributed by atoms with Gasteiger partial charge in [0, 0.05) is 0 Å². The molecule has 0 aromatic rings. The van der Waals surface area contributed by atoms with E-state index in [0.717, 1.165) is 0 Å². The maximum absolute atomic E-state index is 2.57. The van der Waals surface area contributed by atoms with Crippen molar-refractivity contribution >= 4 is 0 Å². The fourth-order valence-electron chi connectivity index (χ4n) is 5.53. The first-order valence-electron chi connectivity index (χ1n) is 9.93. The van der Waals surface area contributed by atoms with Crippen molar-refractivity contribution in [3.05, 3.63) is 72.9 Å². The van der Waals surface area contributed by atoms with Crippen molar-refractivity contribution in [1.82, 2.24) is 0 Å². The molecule has 0 atom stereocenters. The van der Waals surface area contributed by atoms with E-state index < -0.39 is 21.4 Å². The molecule has 132 valence electrons. The van der Waals surface area contributed by atoms with E-state index in [4.69, 9.17) is 0 Å². The molecule has 1 heteroatoms. The Labute approximate surface area is 162 Å². The predicted molar refractivity (Wildman–Crippen MR) is 107 cm³/mol. The SMILES string of the molecule is CC(C)[C]1([Sc]([C]2(C(C)C)C=CC=C2)[C]2(C(C)C)C=CC=C2)C=CC=C1. The monoisotopic (exact) mass is 366 g/mol. The average Bonchev–Trinajstić information content (AvgIpc) is 3.30. The van der Waals surface area contributed by atoms with Crippen LogP contribution in [0, 0.1) is 17.8 Å². The van der Waals surface area contributed by atoms with Crippen LogP contribution in [0.15, 0.2) is 72.9 Å². The second kappa shape index (κ2) is 6.80. The van der Waals surface area contributed by atoms with Crippen LogP contribution in [0.3, 0.4) is 0 Å². The van der Waals surface area contributed by atoms with Gasteiger partial charge in [-0.1, -0.05) is 0 Å². The van der Waals surface area contributed by atoms with Crippen LogP contribution in [-0.2, 0) is 21.4 Å². The van der Waals surface area contributed by atoms with E-state index in [1.807, 2.05) is 0 Å². The van der Waals surface area contributed by atoms with Crippen LogP contribution >= 0.6 is 0 Å². The average molecular weight is 366 g/mol. The van der Waals surface area contributed by atoms with Gasteiger partial charge in [0.05, 0.1) is 0 Å². The molecule has 0 spiro atoms. The molecule has 0 saturated heterocycles. The molecule has 3 rings (SSSR count). The van der Waals surface area contributed by atoms with E-state index in [2.05, 4.69) is 114 Å². The molecule has 0 N–H and O–H groups in total. The molecule has 0 nitrogen and oxygen atoms in total. The molecule has 3 aliphatic rings. The molecule has 0 saturated carbocycles. The van der Waals surface area contributed by atoms with Crippen LogP contribution in [0.4, 0.5) is 0 Å². The van der Waals surface area contributed by atoms with Crippen LogP contribution in [0.25, 0.3) is 0 Å². The summed E-state index contributed by atoms with van der Waals surface area (Å²) in [6, 6.07) is 0. The van der Waals surface area contributed by atoms with Gasteiger partial charge in [-0.25, -0.2) is 0 Å². The van der Waals surface area contributed by atoms with Gasteiger partial charge in [0.1, 0.15) is 0 Å². The van der Waals surface area contributed by atoms with E-state index in [9.17, 15) is 0 Å². The third kappa shape index (κ3) is 2.73. The van der Waals surface area contributed by atoms with Crippen molar-refractivity contribution in [2.45, 2.75) is 51.1 Å². The van der Waals surface area contributed by atoms with Gasteiger partial charge in [-0.05, 0) is 0 Å². The summed E-state index contributed by atoms with van der Waals surface area (Å²) in [6.07, 6.45) is 29.3. The summed E-state index contributed by atoms with van der Waals surface area (Å²) in [7, 11) is 0. The topological polar surface area (TPSA) is 0 Å². The first kappa shape index (κ1) is 19.1. The Bertz CT molecular complexity index is 548. The quantitative estimate of drug-likeness (QED) is 0.458. The van der Waals surface area contributed by atoms with Gasteiger partial charge in [-0.3, -0.25) is 0 Å². The summed E-state index contributed by atoms with van der Waals surface area (Å²) in [5, 5.41) is 0. The van der Waals surface area contributed by atoms with E-state index in [1.54, 1.807) is 0 Å². The van der Waals surface area contributed by atoms with Crippen molar-refractivity contribution in [2.24, 2.45) is 17.8 Å². The fraction of sp³-hybridized carbons (Fsp3) is 0.500. The molecule has 0 aromatic heterocycles. The zero-order valence-corrected chi connectivity index (χ0v) is 18.5. The molecule has 0 aliphatic heterocycles. The van der Waals surface area contributed by atoms with Crippen LogP contribution in [0.1, 0.15) is 41.5 Å². The molecular formula is C24H33Sc. The molecule has 3 aliphatic carbocycles. The van der Waals surface area contributed by atoms with Crippen molar-refractivity contribution in [3.63, 3.8) is 0 Å². The third-order valence-corrected chi connectivity index (χ3v) is 16.8. The summed E-state index contributed by atoms with van der Waals surface area (Å²) < 4.78 is 0.749. The summed E-state index contributed by atoms with van der Waals surface area (Å²) in [6.45, 7) is 14.6. The van der Waals surface area contributed by atoms with E-state index >= 15 is 0 Å². The molecular weight excluding hydrogens is 333 g/mol. The second-order valence-electron chi connectivity index (χ2n) is 9.05. The number of rotatable bonds is 6. The second-order valence-corrected chi connectivity index (χ2v) is 15.1. The molecule has 0 unspecified atom stereocenters. The molecule has 0 amide bonds. The van der Waals surface area contributed by atoms with Crippen molar-refractivity contribution in [2.75, 3.05) is 0 Å². The van der Waals surface area contributed by atoms with Crippen LogP contribution in [0.2, 0.25) is 9.51 Å². The molecule has 25 heavy (non-hydrogen) atoms. The zero-order chi connectivity index (χ0) is 18.3. The minimum atomic E-state index is -2.17. The zero-order valence-electron chi connectivity index (χ0n) is 16.7. The first-order chi connectivity index (χ1) is 11.8. The van der Waals surface area contributed by atoms with Crippen LogP contribution in [0.5, 0.6) is 0 Å². The van der Waals surface area contributed by atoms with Crippen molar-refractivity contribution < 1.29 is 21.4 Å². The number of hydrogen-bond donors (Lipinski definition) is 0. The van der Waals surface area contributed by atoms with Gasteiger partial charge in [0.25, 0.3) is 0 Å². The van der Waals surface area contributed by atoms with Crippen LogP contribution < -0.4 is 0 Å². The summed E-state index contributed by atoms with van der Waals surface area (Å²) in [4.78, 5) is 0. The molecule has 0 aromatic carbocycles. The van der Waals surface area contributed by atoms with Gasteiger partial charge in [-0.2, -0.15) is 0 Å². The summed E-state index contributed by atoms with van der Waals surface area (Å²) >= 11 is -2.17. The Balaban J connectivity index is 2.31. The van der Waals surface area contributed by atoms with Gasteiger partial charge in [-0.15, -0.1) is 0 Å². The van der Waals surface area contributed by atoms with E-state index in [0.29, 0.717) is 17.8 Å². The predicted octanol–water partition coefficient (Wildman–Crippen LogP) is 7.43. The Morgan fingerprint density at radius 1 is 0.440 bits per heavy atom. The molecule has 0 radical (unpaired) electrons. The van der Waals surface area contributed by atoms with Crippen LogP contribution in [-0.4, -0.2) is 0 Å². The van der Waals surface area contributed by atoms with Gasteiger partial charge in [0.2, 0.25) is 0 Å². The standard InChI is InChI=1S/3C8H11.Sc/c3*1-7(2)8-5-3-4-6-8;/h3*3-7H,1-2H3;. The molecule has 0 heterocycles. The Morgan fingerprint density at radius 2 is 0.640 bits per heavy atom. The normalized spacial score (nSPS) is 23.9. The summed E-state index contributed by atoms with van der Waals surface area (Å²) in [5.74, 6) is 1.88. The maximum atomic E-state index is 2.57. The molecule has 0 fully saturated rings. The van der Waals surface area contributed by atoms with Gasteiger partial charge >= 0.3 is 163 Å². The Kier molecular flexibility index (Phi) is 5.19. The fourth-order valence-corrected chi connectivity index (χ4v) is 15.6. The van der Waals surface area contributed by atoms with Crippen molar-refractivity contribution in [1.29, 1.82) is 0 Å². The first-order valence-corrected chi connectivity index (χ1v) is 12.6. The molecule has 0 bridgehead atoms. The number of hydrogen-bond acceptors (Lipinski definition) is 0. The van der Waals surface area contributed by atoms with Crippen molar-refractivity contribution in [3.8, 4) is 0 Å². The number of allylic oxidation sites excluding steroid dienone is 12. The third-order valence-electron chi connectivity index (χ3n) is 7.14. The Hall–Kier alpha value is -0.690. The summed E-state index contributed by atoms with van der Waals surface area (Å²) in [5.41, 5.74) is 0. The van der Waals surface area contributed by atoms with E-state index in [-0.39, 0.29) is 9.51 Å².